The summed E-state index contributed by atoms with van der Waals surface area (Å²) in [5.41, 5.74) is -0.255. The van der Waals surface area contributed by atoms with Crippen LogP contribution in [0.3, 0.4) is 0 Å². The summed E-state index contributed by atoms with van der Waals surface area (Å²) < 4.78 is 0. The van der Waals surface area contributed by atoms with Crippen LogP contribution in [0.4, 0.5) is 0 Å². The first-order chi connectivity index (χ1) is 9.40. The smallest absolute Gasteiger partial charge is 0.229 e. The van der Waals surface area contributed by atoms with Crippen LogP contribution in [0.25, 0.3) is 0 Å². The molecule has 0 spiro atoms. The van der Waals surface area contributed by atoms with Gasteiger partial charge in [0.25, 0.3) is 0 Å². The molecule has 1 N–H and O–H groups in total. The van der Waals surface area contributed by atoms with Crippen molar-refractivity contribution in [3.05, 3.63) is 0 Å². The van der Waals surface area contributed by atoms with Gasteiger partial charge in [-0.25, -0.2) is 0 Å². The zero-order chi connectivity index (χ0) is 14.8. The van der Waals surface area contributed by atoms with Crippen molar-refractivity contribution in [2.24, 2.45) is 11.3 Å². The van der Waals surface area contributed by atoms with Crippen molar-refractivity contribution < 1.29 is 4.79 Å². The number of carbonyl (C=O) groups excluding carboxylic acids is 1. The Morgan fingerprint density at radius 2 is 1.90 bits per heavy atom. The summed E-state index contributed by atoms with van der Waals surface area (Å²) in [5, 5.41) is 3.39. The van der Waals surface area contributed by atoms with Crippen LogP contribution in [0, 0.1) is 11.3 Å². The number of nitrogens with zero attached hydrogens (tertiary/aromatic N) is 2. The Morgan fingerprint density at radius 1 is 1.25 bits per heavy atom. The molecule has 0 aliphatic carbocycles. The molecule has 116 valence electrons. The fourth-order valence-corrected chi connectivity index (χ4v) is 3.36. The molecule has 2 aliphatic heterocycles. The fraction of sp³-hybridized carbons (Fsp3) is 0.938. The third kappa shape index (κ3) is 3.73. The van der Waals surface area contributed by atoms with Gasteiger partial charge in [-0.2, -0.15) is 0 Å². The summed E-state index contributed by atoms with van der Waals surface area (Å²) in [4.78, 5) is 17.2. The number of nitrogens with one attached hydrogen (secondary N) is 1. The van der Waals surface area contributed by atoms with Gasteiger partial charge in [0.15, 0.2) is 0 Å². The average molecular weight is 281 g/mol. The molecule has 0 aromatic carbocycles. The molecular weight excluding hydrogens is 250 g/mol. The highest BCUT2D eigenvalue weighted by Gasteiger charge is 2.35. The molecule has 0 unspecified atom stereocenters. The van der Waals surface area contributed by atoms with Crippen LogP contribution >= 0.6 is 0 Å². The van der Waals surface area contributed by atoms with E-state index in [1.165, 1.54) is 25.9 Å². The zero-order valence-electron chi connectivity index (χ0n) is 13.6. The SMILES string of the molecule is CC(C)N1CCC(CN2CCNCC(C)(C)C2=O)CC1. The Morgan fingerprint density at radius 3 is 2.50 bits per heavy atom. The molecule has 0 bridgehead atoms. The van der Waals surface area contributed by atoms with Crippen LogP contribution in [0.1, 0.15) is 40.5 Å². The van der Waals surface area contributed by atoms with E-state index in [0.29, 0.717) is 17.9 Å². The minimum atomic E-state index is -0.255. The van der Waals surface area contributed by atoms with Crippen molar-refractivity contribution >= 4 is 5.91 Å². The summed E-state index contributed by atoms with van der Waals surface area (Å²) in [6.45, 7) is 14.6. The number of carbonyl (C=O) groups is 1. The van der Waals surface area contributed by atoms with Gasteiger partial charge in [-0.15, -0.1) is 0 Å². The Hall–Kier alpha value is -0.610. The van der Waals surface area contributed by atoms with Crippen LogP contribution in [-0.2, 0) is 4.79 Å². The highest BCUT2D eigenvalue weighted by molar-refractivity contribution is 5.82. The molecule has 4 heteroatoms. The lowest BCUT2D eigenvalue weighted by atomic mass is 9.90. The Bertz CT molecular complexity index is 333. The second-order valence-corrected chi connectivity index (χ2v) is 7.38. The number of hydrogen-bond acceptors (Lipinski definition) is 3. The van der Waals surface area contributed by atoms with Crippen molar-refractivity contribution in [2.75, 3.05) is 39.3 Å². The molecular formula is C16H31N3O. The quantitative estimate of drug-likeness (QED) is 0.853. The second kappa shape index (κ2) is 6.44. The predicted molar refractivity (Wildman–Crippen MR) is 82.7 cm³/mol. The van der Waals surface area contributed by atoms with Gasteiger partial charge < -0.3 is 15.1 Å². The van der Waals surface area contributed by atoms with Gasteiger partial charge in [-0.05, 0) is 59.5 Å². The van der Waals surface area contributed by atoms with Gasteiger partial charge in [0.1, 0.15) is 0 Å². The van der Waals surface area contributed by atoms with E-state index in [0.717, 1.165) is 26.2 Å². The zero-order valence-corrected chi connectivity index (χ0v) is 13.6. The topological polar surface area (TPSA) is 35.6 Å². The second-order valence-electron chi connectivity index (χ2n) is 7.38. The average Bonchev–Trinajstić information content (AvgIpc) is 2.52. The molecule has 1 amide bonds. The van der Waals surface area contributed by atoms with Crippen LogP contribution in [0.5, 0.6) is 0 Å². The maximum atomic E-state index is 12.6. The van der Waals surface area contributed by atoms with E-state index in [4.69, 9.17) is 0 Å². The van der Waals surface area contributed by atoms with Gasteiger partial charge in [0.2, 0.25) is 5.91 Å². The molecule has 2 aliphatic rings. The van der Waals surface area contributed by atoms with Gasteiger partial charge in [-0.3, -0.25) is 4.79 Å². The largest absolute Gasteiger partial charge is 0.341 e. The summed E-state index contributed by atoms with van der Waals surface area (Å²) >= 11 is 0. The molecule has 0 atom stereocenters. The van der Waals surface area contributed by atoms with E-state index in [1.807, 2.05) is 0 Å². The predicted octanol–water partition coefficient (Wildman–Crippen LogP) is 1.56. The Balaban J connectivity index is 1.88. The first-order valence-corrected chi connectivity index (χ1v) is 8.14. The lowest BCUT2D eigenvalue weighted by Crippen LogP contribution is -2.46. The lowest BCUT2D eigenvalue weighted by Gasteiger charge is -2.37. The normalized spacial score (nSPS) is 26.1. The molecule has 0 aromatic heterocycles. The van der Waals surface area contributed by atoms with E-state index in [9.17, 15) is 4.79 Å². The number of rotatable bonds is 3. The summed E-state index contributed by atoms with van der Waals surface area (Å²) in [6, 6.07) is 0.652. The summed E-state index contributed by atoms with van der Waals surface area (Å²) in [5.74, 6) is 1.01. The third-order valence-corrected chi connectivity index (χ3v) is 4.85. The fourth-order valence-electron chi connectivity index (χ4n) is 3.36. The van der Waals surface area contributed by atoms with Crippen molar-refractivity contribution in [1.82, 2.24) is 15.1 Å². The molecule has 2 fully saturated rings. The van der Waals surface area contributed by atoms with Crippen LogP contribution in [0.2, 0.25) is 0 Å². The first-order valence-electron chi connectivity index (χ1n) is 8.14. The van der Waals surface area contributed by atoms with E-state index in [2.05, 4.69) is 42.8 Å². The molecule has 2 heterocycles. The van der Waals surface area contributed by atoms with Crippen LogP contribution in [0.15, 0.2) is 0 Å². The Kier molecular flexibility index (Phi) is 5.08. The third-order valence-electron chi connectivity index (χ3n) is 4.85. The highest BCUT2D eigenvalue weighted by Crippen LogP contribution is 2.24. The van der Waals surface area contributed by atoms with Gasteiger partial charge in [-0.1, -0.05) is 0 Å². The summed E-state index contributed by atoms with van der Waals surface area (Å²) in [6.07, 6.45) is 2.46. The first kappa shape index (κ1) is 15.8. The standard InChI is InChI=1S/C16H31N3O/c1-13(2)18-8-5-14(6-9-18)11-19-10-7-17-12-16(3,4)15(19)20/h13-14,17H,5-12H2,1-4H3. The molecule has 2 rings (SSSR count). The maximum Gasteiger partial charge on any atom is 0.229 e. The Labute approximate surface area is 123 Å². The minimum Gasteiger partial charge on any atom is -0.341 e. The monoisotopic (exact) mass is 281 g/mol. The highest BCUT2D eigenvalue weighted by atomic mass is 16.2. The van der Waals surface area contributed by atoms with E-state index < -0.39 is 0 Å². The molecule has 0 saturated carbocycles. The molecule has 0 radical (unpaired) electrons. The van der Waals surface area contributed by atoms with Crippen molar-refractivity contribution in [3.8, 4) is 0 Å². The van der Waals surface area contributed by atoms with Gasteiger partial charge >= 0.3 is 0 Å². The van der Waals surface area contributed by atoms with Gasteiger partial charge in [0, 0.05) is 32.2 Å². The molecule has 2 saturated heterocycles. The number of amides is 1. The summed E-state index contributed by atoms with van der Waals surface area (Å²) in [7, 11) is 0. The van der Waals surface area contributed by atoms with E-state index >= 15 is 0 Å². The van der Waals surface area contributed by atoms with E-state index in [1.54, 1.807) is 0 Å². The van der Waals surface area contributed by atoms with E-state index in [-0.39, 0.29) is 5.41 Å². The number of hydrogen-bond donors (Lipinski definition) is 1. The van der Waals surface area contributed by atoms with Crippen molar-refractivity contribution in [3.63, 3.8) is 0 Å². The molecule has 0 aromatic rings. The number of likely N-dealkylation sites (tertiary alicyclic amines) is 1. The maximum absolute atomic E-state index is 12.6. The minimum absolute atomic E-state index is 0.255. The van der Waals surface area contributed by atoms with Crippen LogP contribution in [-0.4, -0.2) is 61.0 Å². The van der Waals surface area contributed by atoms with Crippen molar-refractivity contribution in [2.45, 2.75) is 46.6 Å². The van der Waals surface area contributed by atoms with Gasteiger partial charge in [0.05, 0.1) is 5.41 Å². The molecule has 4 nitrogen and oxygen atoms in total. The van der Waals surface area contributed by atoms with Crippen LogP contribution < -0.4 is 5.32 Å². The lowest BCUT2D eigenvalue weighted by molar-refractivity contribution is -0.139. The number of piperidine rings is 1. The molecule has 20 heavy (non-hydrogen) atoms. The van der Waals surface area contributed by atoms with Crippen molar-refractivity contribution in [1.29, 1.82) is 0 Å².